The molecular formula is C11H10Cl2N2O2. The Morgan fingerprint density at radius 2 is 1.65 bits per heavy atom. The lowest BCUT2D eigenvalue weighted by Crippen LogP contribution is -1.98. The summed E-state index contributed by atoms with van der Waals surface area (Å²) < 4.78 is 10.2. The minimum atomic E-state index is 0.317. The average molecular weight is 273 g/mol. The summed E-state index contributed by atoms with van der Waals surface area (Å²) in [7, 11) is 3.01. The van der Waals surface area contributed by atoms with E-state index >= 15 is 0 Å². The van der Waals surface area contributed by atoms with Gasteiger partial charge in [-0.3, -0.25) is 0 Å². The number of ether oxygens (including phenoxy) is 2. The van der Waals surface area contributed by atoms with Gasteiger partial charge in [0.05, 0.1) is 35.3 Å². The molecule has 1 heterocycles. The molecule has 0 fully saturated rings. The van der Waals surface area contributed by atoms with Crippen LogP contribution >= 0.6 is 23.2 Å². The van der Waals surface area contributed by atoms with Crippen LogP contribution < -0.4 is 9.47 Å². The van der Waals surface area contributed by atoms with Crippen LogP contribution in [0, 0.1) is 6.92 Å². The number of hydrogen-bond donors (Lipinski definition) is 0. The zero-order valence-corrected chi connectivity index (χ0v) is 11.1. The number of aryl methyl sites for hydroxylation is 1. The molecular weight excluding hydrogens is 263 g/mol. The van der Waals surface area contributed by atoms with E-state index in [1.54, 1.807) is 6.07 Å². The lowest BCUT2D eigenvalue weighted by atomic mass is 10.2. The molecule has 90 valence electrons. The zero-order valence-electron chi connectivity index (χ0n) is 9.54. The van der Waals surface area contributed by atoms with Crippen LogP contribution in [0.1, 0.15) is 5.56 Å². The van der Waals surface area contributed by atoms with Gasteiger partial charge in [0.25, 0.3) is 11.8 Å². The van der Waals surface area contributed by atoms with Crippen LogP contribution in [0.25, 0.3) is 11.0 Å². The van der Waals surface area contributed by atoms with Crippen LogP contribution in [-0.4, -0.2) is 24.2 Å². The van der Waals surface area contributed by atoms with E-state index < -0.39 is 0 Å². The number of fused-ring (bicyclic) bond motifs is 1. The second-order valence-electron chi connectivity index (χ2n) is 3.41. The first kappa shape index (κ1) is 12.2. The Bertz CT molecular complexity index is 587. The maximum atomic E-state index is 6.05. The first-order valence-electron chi connectivity index (χ1n) is 4.82. The van der Waals surface area contributed by atoms with Crippen molar-refractivity contribution in [2.75, 3.05) is 14.2 Å². The van der Waals surface area contributed by atoms with Crippen molar-refractivity contribution in [1.82, 2.24) is 9.97 Å². The number of methoxy groups -OCH3 is 2. The second-order valence-corrected chi connectivity index (χ2v) is 4.19. The third kappa shape index (κ3) is 1.98. The maximum Gasteiger partial charge on any atom is 0.278 e. The highest BCUT2D eigenvalue weighted by atomic mass is 35.5. The van der Waals surface area contributed by atoms with Crippen molar-refractivity contribution >= 4 is 34.2 Å². The van der Waals surface area contributed by atoms with Crippen molar-refractivity contribution in [2.24, 2.45) is 0 Å². The van der Waals surface area contributed by atoms with Gasteiger partial charge >= 0.3 is 0 Å². The van der Waals surface area contributed by atoms with Crippen molar-refractivity contribution in [1.29, 1.82) is 0 Å². The molecule has 0 atom stereocenters. The lowest BCUT2D eigenvalue weighted by molar-refractivity contribution is 0.334. The zero-order chi connectivity index (χ0) is 12.6. The molecule has 0 unspecified atom stereocenters. The molecule has 0 bridgehead atoms. The van der Waals surface area contributed by atoms with E-state index in [0.717, 1.165) is 5.56 Å². The molecule has 1 aromatic heterocycles. The number of halogens is 2. The van der Waals surface area contributed by atoms with Crippen molar-refractivity contribution in [3.8, 4) is 11.8 Å². The summed E-state index contributed by atoms with van der Waals surface area (Å²) in [4.78, 5) is 8.59. The number of nitrogens with zero attached hydrogens (tertiary/aromatic N) is 2. The molecule has 0 amide bonds. The largest absolute Gasteiger partial charge is 0.477 e. The van der Waals surface area contributed by atoms with Crippen molar-refractivity contribution in [3.63, 3.8) is 0 Å². The van der Waals surface area contributed by atoms with Crippen LogP contribution in [0.4, 0.5) is 0 Å². The predicted molar refractivity (Wildman–Crippen MR) is 67.4 cm³/mol. The van der Waals surface area contributed by atoms with Gasteiger partial charge in [-0.25, -0.2) is 9.97 Å². The van der Waals surface area contributed by atoms with Crippen molar-refractivity contribution < 1.29 is 9.47 Å². The number of hydrogen-bond acceptors (Lipinski definition) is 4. The van der Waals surface area contributed by atoms with E-state index in [2.05, 4.69) is 9.97 Å². The Morgan fingerprint density at radius 3 is 2.24 bits per heavy atom. The molecule has 2 rings (SSSR count). The number of aromatic nitrogens is 2. The smallest absolute Gasteiger partial charge is 0.278 e. The highest BCUT2D eigenvalue weighted by Crippen LogP contribution is 2.34. The molecule has 0 aliphatic rings. The summed E-state index contributed by atoms with van der Waals surface area (Å²) in [5.41, 5.74) is 2.04. The van der Waals surface area contributed by atoms with E-state index in [1.165, 1.54) is 14.2 Å². The quantitative estimate of drug-likeness (QED) is 0.842. The Morgan fingerprint density at radius 1 is 1.06 bits per heavy atom. The molecule has 4 nitrogen and oxygen atoms in total. The second kappa shape index (κ2) is 4.55. The minimum Gasteiger partial charge on any atom is -0.477 e. The van der Waals surface area contributed by atoms with Gasteiger partial charge in [0.15, 0.2) is 0 Å². The Kier molecular flexibility index (Phi) is 3.26. The Hall–Kier alpha value is -1.26. The van der Waals surface area contributed by atoms with E-state index in [-0.39, 0.29) is 0 Å². The van der Waals surface area contributed by atoms with Crippen LogP contribution in [0.15, 0.2) is 6.07 Å². The lowest BCUT2D eigenvalue weighted by Gasteiger charge is -2.09. The fourth-order valence-corrected chi connectivity index (χ4v) is 1.91. The standard InChI is InChI=1S/C11H10Cl2N2O2/c1-5-8(13)6(12)4-7-9(5)15-11(17-3)10(14-7)16-2/h4H,1-3H3. The maximum absolute atomic E-state index is 6.05. The normalized spacial score (nSPS) is 10.6. The molecule has 17 heavy (non-hydrogen) atoms. The van der Waals surface area contributed by atoms with Crippen molar-refractivity contribution in [2.45, 2.75) is 6.92 Å². The van der Waals surface area contributed by atoms with Gasteiger partial charge in [-0.05, 0) is 18.6 Å². The molecule has 0 spiro atoms. The SMILES string of the molecule is COc1nc2cc(Cl)c(Cl)c(C)c2nc1OC. The third-order valence-electron chi connectivity index (χ3n) is 2.41. The van der Waals surface area contributed by atoms with Gasteiger partial charge < -0.3 is 9.47 Å². The van der Waals surface area contributed by atoms with Crippen LogP contribution in [0.2, 0.25) is 10.0 Å². The van der Waals surface area contributed by atoms with E-state index in [4.69, 9.17) is 32.7 Å². The third-order valence-corrected chi connectivity index (χ3v) is 3.29. The molecule has 0 radical (unpaired) electrons. The highest BCUT2D eigenvalue weighted by molar-refractivity contribution is 6.43. The molecule has 0 aliphatic carbocycles. The van der Waals surface area contributed by atoms with Gasteiger partial charge in [0.1, 0.15) is 0 Å². The minimum absolute atomic E-state index is 0.317. The summed E-state index contributed by atoms with van der Waals surface area (Å²) >= 11 is 12.0. The highest BCUT2D eigenvalue weighted by Gasteiger charge is 2.14. The van der Waals surface area contributed by atoms with E-state index in [1.807, 2.05) is 6.92 Å². The summed E-state index contributed by atoms with van der Waals surface area (Å²) in [6.07, 6.45) is 0. The fraction of sp³-hybridized carbons (Fsp3) is 0.273. The summed E-state index contributed by atoms with van der Waals surface area (Å²) in [6.45, 7) is 1.83. The summed E-state index contributed by atoms with van der Waals surface area (Å²) in [5, 5.41) is 0.916. The summed E-state index contributed by atoms with van der Waals surface area (Å²) in [6, 6.07) is 1.65. The Labute approximate surface area is 108 Å². The average Bonchev–Trinajstić information content (AvgIpc) is 2.34. The van der Waals surface area contributed by atoms with Gasteiger partial charge in [-0.1, -0.05) is 23.2 Å². The molecule has 0 saturated carbocycles. The number of benzene rings is 1. The van der Waals surface area contributed by atoms with Crippen LogP contribution in [0.3, 0.4) is 0 Å². The predicted octanol–water partition coefficient (Wildman–Crippen LogP) is 3.26. The molecule has 0 N–H and O–H groups in total. The molecule has 2 aromatic rings. The van der Waals surface area contributed by atoms with Gasteiger partial charge in [-0.2, -0.15) is 0 Å². The van der Waals surface area contributed by atoms with Gasteiger partial charge in [0, 0.05) is 0 Å². The molecule has 0 aliphatic heterocycles. The van der Waals surface area contributed by atoms with Crippen LogP contribution in [0.5, 0.6) is 11.8 Å². The molecule has 6 heteroatoms. The molecule has 1 aromatic carbocycles. The monoisotopic (exact) mass is 272 g/mol. The van der Waals surface area contributed by atoms with E-state index in [0.29, 0.717) is 32.8 Å². The molecule has 0 saturated heterocycles. The first-order valence-corrected chi connectivity index (χ1v) is 5.58. The Balaban J connectivity index is 2.83. The first-order chi connectivity index (χ1) is 8.08. The fourth-order valence-electron chi connectivity index (χ4n) is 1.53. The number of rotatable bonds is 2. The van der Waals surface area contributed by atoms with E-state index in [9.17, 15) is 0 Å². The van der Waals surface area contributed by atoms with Crippen molar-refractivity contribution in [3.05, 3.63) is 21.7 Å². The summed E-state index contributed by atoms with van der Waals surface area (Å²) in [5.74, 6) is 0.638. The van der Waals surface area contributed by atoms with Gasteiger partial charge in [-0.15, -0.1) is 0 Å². The van der Waals surface area contributed by atoms with Crippen LogP contribution in [-0.2, 0) is 0 Å². The topological polar surface area (TPSA) is 44.2 Å². The van der Waals surface area contributed by atoms with Gasteiger partial charge in [0.2, 0.25) is 0 Å².